The SMILES string of the molecule is CCOC(=O)C1=C(C)N(CCCC(=O)[O-])C(=O)N[C@H]1c1ccc(Cl)cc1Cl. The molecule has 7 nitrogen and oxygen atoms in total. The van der Waals surface area contributed by atoms with E-state index in [4.69, 9.17) is 27.9 Å². The highest BCUT2D eigenvalue weighted by Crippen LogP contribution is 2.35. The van der Waals surface area contributed by atoms with Crippen molar-refractivity contribution in [3.8, 4) is 0 Å². The monoisotopic (exact) mass is 413 g/mol. The smallest absolute Gasteiger partial charge is 0.338 e. The summed E-state index contributed by atoms with van der Waals surface area (Å²) in [4.78, 5) is 37.1. The maximum Gasteiger partial charge on any atom is 0.338 e. The Labute approximate surface area is 166 Å². The molecule has 0 fully saturated rings. The van der Waals surface area contributed by atoms with Crippen LogP contribution in [0, 0.1) is 0 Å². The molecule has 1 atom stereocenters. The van der Waals surface area contributed by atoms with Crippen LogP contribution in [-0.2, 0) is 14.3 Å². The second-order valence-corrected chi connectivity index (χ2v) is 6.74. The lowest BCUT2D eigenvalue weighted by atomic mass is 9.94. The van der Waals surface area contributed by atoms with Crippen molar-refractivity contribution in [3.63, 3.8) is 0 Å². The van der Waals surface area contributed by atoms with Gasteiger partial charge in [-0.2, -0.15) is 0 Å². The van der Waals surface area contributed by atoms with E-state index in [1.807, 2.05) is 0 Å². The number of ether oxygens (including phenoxy) is 1. The first kappa shape index (κ1) is 21.1. The highest BCUT2D eigenvalue weighted by molar-refractivity contribution is 6.35. The first-order chi connectivity index (χ1) is 12.8. The molecule has 0 aliphatic carbocycles. The standard InChI is InChI=1S/C18H20Cl2N2O5/c1-3-27-17(25)15-10(2)22(8-4-5-14(23)24)18(26)21-16(15)12-7-6-11(19)9-13(12)20/h6-7,9,16H,3-5,8H2,1-2H3,(H,21,26)(H,23,24)/p-1/t16-/m0/s1. The molecule has 2 rings (SSSR count). The molecule has 0 unspecified atom stereocenters. The molecule has 1 heterocycles. The van der Waals surface area contributed by atoms with Gasteiger partial charge in [-0.1, -0.05) is 29.3 Å². The molecule has 0 bridgehead atoms. The number of carbonyl (C=O) groups excluding carboxylic acids is 3. The Morgan fingerprint density at radius 2 is 2.04 bits per heavy atom. The van der Waals surface area contributed by atoms with Gasteiger partial charge >= 0.3 is 12.0 Å². The summed E-state index contributed by atoms with van der Waals surface area (Å²) < 4.78 is 5.15. The number of allylic oxidation sites excluding steroid dienone is 1. The number of benzene rings is 1. The van der Waals surface area contributed by atoms with E-state index in [1.54, 1.807) is 26.0 Å². The number of esters is 1. The van der Waals surface area contributed by atoms with E-state index in [0.717, 1.165) is 0 Å². The second-order valence-electron chi connectivity index (χ2n) is 5.90. The summed E-state index contributed by atoms with van der Waals surface area (Å²) >= 11 is 12.2. The van der Waals surface area contributed by atoms with Crippen molar-refractivity contribution in [2.75, 3.05) is 13.2 Å². The van der Waals surface area contributed by atoms with E-state index in [9.17, 15) is 19.5 Å². The molecule has 1 aliphatic rings. The van der Waals surface area contributed by atoms with Crippen LogP contribution < -0.4 is 10.4 Å². The number of carboxylic acids is 1. The first-order valence-electron chi connectivity index (χ1n) is 8.37. The Kier molecular flexibility index (Phi) is 7.10. The number of aliphatic carboxylic acids is 1. The lowest BCUT2D eigenvalue weighted by Crippen LogP contribution is -2.48. The summed E-state index contributed by atoms with van der Waals surface area (Å²) in [5, 5.41) is 14.1. The number of halogens is 2. The Bertz CT molecular complexity index is 794. The van der Waals surface area contributed by atoms with Gasteiger partial charge in [0.1, 0.15) is 0 Å². The molecule has 1 aromatic rings. The molecule has 0 saturated heterocycles. The van der Waals surface area contributed by atoms with Gasteiger partial charge in [0.15, 0.2) is 0 Å². The fourth-order valence-corrected chi connectivity index (χ4v) is 3.39. The van der Waals surface area contributed by atoms with E-state index in [0.29, 0.717) is 21.3 Å². The maximum atomic E-state index is 12.6. The molecule has 0 aromatic heterocycles. The molecular weight excluding hydrogens is 395 g/mol. The van der Waals surface area contributed by atoms with Gasteiger partial charge in [0.25, 0.3) is 0 Å². The summed E-state index contributed by atoms with van der Waals surface area (Å²) in [5.41, 5.74) is 1.12. The van der Waals surface area contributed by atoms with Crippen LogP contribution in [0.2, 0.25) is 10.0 Å². The first-order valence-corrected chi connectivity index (χ1v) is 9.12. The van der Waals surface area contributed by atoms with Gasteiger partial charge in [-0.15, -0.1) is 0 Å². The zero-order valence-electron chi connectivity index (χ0n) is 14.9. The molecule has 0 radical (unpaired) electrons. The number of carbonyl (C=O) groups is 3. The normalized spacial score (nSPS) is 17.0. The lowest BCUT2D eigenvalue weighted by Gasteiger charge is -2.35. The molecule has 0 saturated carbocycles. The van der Waals surface area contributed by atoms with Gasteiger partial charge in [-0.05, 0) is 44.4 Å². The Balaban J connectivity index is 2.44. The minimum absolute atomic E-state index is 0.121. The van der Waals surface area contributed by atoms with E-state index < -0.39 is 24.0 Å². The van der Waals surface area contributed by atoms with Crippen LogP contribution in [0.3, 0.4) is 0 Å². The summed E-state index contributed by atoms with van der Waals surface area (Å²) in [7, 11) is 0. The predicted octanol–water partition coefficient (Wildman–Crippen LogP) is 2.43. The third kappa shape index (κ3) is 4.93. The third-order valence-corrected chi connectivity index (χ3v) is 4.69. The number of nitrogens with zero attached hydrogens (tertiary/aromatic N) is 1. The molecule has 0 spiro atoms. The Morgan fingerprint density at radius 3 is 2.63 bits per heavy atom. The molecular formula is C18H19Cl2N2O5-. The quantitative estimate of drug-likeness (QED) is 0.691. The van der Waals surface area contributed by atoms with Crippen molar-refractivity contribution in [2.24, 2.45) is 0 Å². The van der Waals surface area contributed by atoms with Gasteiger partial charge < -0.3 is 20.0 Å². The third-order valence-electron chi connectivity index (χ3n) is 4.13. The van der Waals surface area contributed by atoms with Crippen LogP contribution in [0.1, 0.15) is 38.3 Å². The van der Waals surface area contributed by atoms with Gasteiger partial charge in [0.2, 0.25) is 0 Å². The average molecular weight is 414 g/mol. The highest BCUT2D eigenvalue weighted by atomic mass is 35.5. The fraction of sp³-hybridized carbons (Fsp3) is 0.389. The largest absolute Gasteiger partial charge is 0.550 e. The zero-order valence-corrected chi connectivity index (χ0v) is 16.4. The number of hydrogen-bond donors (Lipinski definition) is 1. The van der Waals surface area contributed by atoms with E-state index in [-0.39, 0.29) is 31.6 Å². The molecule has 1 N–H and O–H groups in total. The molecule has 146 valence electrons. The van der Waals surface area contributed by atoms with Crippen molar-refractivity contribution in [2.45, 2.75) is 32.7 Å². The second kappa shape index (κ2) is 9.10. The van der Waals surface area contributed by atoms with Crippen LogP contribution in [0.4, 0.5) is 4.79 Å². The van der Waals surface area contributed by atoms with E-state index >= 15 is 0 Å². The summed E-state index contributed by atoms with van der Waals surface area (Å²) in [6, 6.07) is 3.50. The van der Waals surface area contributed by atoms with Crippen molar-refractivity contribution < 1.29 is 24.2 Å². The summed E-state index contributed by atoms with van der Waals surface area (Å²) in [6.45, 7) is 3.57. The zero-order chi connectivity index (χ0) is 20.1. The van der Waals surface area contributed by atoms with Crippen molar-refractivity contribution in [1.29, 1.82) is 0 Å². The van der Waals surface area contributed by atoms with Gasteiger partial charge in [0, 0.05) is 28.3 Å². The predicted molar refractivity (Wildman–Crippen MR) is 98.0 cm³/mol. The van der Waals surface area contributed by atoms with Gasteiger partial charge in [-0.25, -0.2) is 9.59 Å². The molecule has 27 heavy (non-hydrogen) atoms. The lowest BCUT2D eigenvalue weighted by molar-refractivity contribution is -0.305. The van der Waals surface area contributed by atoms with Crippen LogP contribution in [0.15, 0.2) is 29.5 Å². The van der Waals surface area contributed by atoms with Crippen molar-refractivity contribution >= 4 is 41.2 Å². The van der Waals surface area contributed by atoms with Crippen LogP contribution in [-0.4, -0.2) is 36.0 Å². The number of nitrogens with one attached hydrogen (secondary N) is 1. The van der Waals surface area contributed by atoms with Crippen molar-refractivity contribution in [1.82, 2.24) is 10.2 Å². The Morgan fingerprint density at radius 1 is 1.33 bits per heavy atom. The number of carboxylic acid groups (broad SMARTS) is 1. The average Bonchev–Trinajstić information content (AvgIpc) is 2.57. The van der Waals surface area contributed by atoms with Crippen LogP contribution in [0.25, 0.3) is 0 Å². The summed E-state index contributed by atoms with van der Waals surface area (Å²) in [6.07, 6.45) is -0.00614. The van der Waals surface area contributed by atoms with E-state index in [1.165, 1.54) is 11.0 Å². The van der Waals surface area contributed by atoms with Crippen LogP contribution in [0.5, 0.6) is 0 Å². The van der Waals surface area contributed by atoms with Crippen molar-refractivity contribution in [3.05, 3.63) is 45.1 Å². The number of rotatable bonds is 7. The Hall–Kier alpha value is -2.25. The minimum Gasteiger partial charge on any atom is -0.550 e. The number of amides is 2. The topological polar surface area (TPSA) is 98.8 Å². The number of urea groups is 1. The molecule has 9 heteroatoms. The van der Waals surface area contributed by atoms with E-state index in [2.05, 4.69) is 5.32 Å². The van der Waals surface area contributed by atoms with Crippen LogP contribution >= 0.6 is 23.2 Å². The highest BCUT2D eigenvalue weighted by Gasteiger charge is 2.37. The molecule has 1 aliphatic heterocycles. The van der Waals surface area contributed by atoms with Gasteiger partial charge in [0.05, 0.1) is 18.2 Å². The molecule has 1 aromatic carbocycles. The maximum absolute atomic E-state index is 12.6. The minimum atomic E-state index is -1.20. The van der Waals surface area contributed by atoms with Gasteiger partial charge in [-0.3, -0.25) is 4.90 Å². The fourth-order valence-electron chi connectivity index (χ4n) is 2.87. The summed E-state index contributed by atoms with van der Waals surface area (Å²) in [5.74, 6) is -1.79. The number of hydrogen-bond acceptors (Lipinski definition) is 5. The molecule has 2 amide bonds.